The van der Waals surface area contributed by atoms with Gasteiger partial charge in [-0.15, -0.1) is 0 Å². The molecule has 112 valence electrons. The summed E-state index contributed by atoms with van der Waals surface area (Å²) in [6, 6.07) is 1.78. The van der Waals surface area contributed by atoms with Gasteiger partial charge in [0, 0.05) is 11.5 Å². The minimum absolute atomic E-state index is 0.118. The van der Waals surface area contributed by atoms with Crippen LogP contribution < -0.4 is 16.6 Å². The molecular weight excluding hydrogens is 254 g/mol. The summed E-state index contributed by atoms with van der Waals surface area (Å²) in [4.78, 5) is 8.98. The molecule has 20 heavy (non-hydrogen) atoms. The second-order valence-corrected chi connectivity index (χ2v) is 6.63. The van der Waals surface area contributed by atoms with Crippen LogP contribution in [-0.2, 0) is 5.41 Å². The topological polar surface area (TPSA) is 96.1 Å². The van der Waals surface area contributed by atoms with Crippen LogP contribution in [0.25, 0.3) is 0 Å². The number of hydrogen-bond donors (Lipinski definition) is 4. The zero-order chi connectivity index (χ0) is 14.8. The molecule has 6 nitrogen and oxygen atoms in total. The molecule has 1 aromatic rings. The van der Waals surface area contributed by atoms with Gasteiger partial charge in [0.1, 0.15) is 17.5 Å². The molecule has 0 radical (unpaired) electrons. The lowest BCUT2D eigenvalue weighted by molar-refractivity contribution is 0.213. The molecule has 0 bridgehead atoms. The molecule has 0 amide bonds. The number of nitrogens with zero attached hydrogens (tertiary/aromatic N) is 2. The van der Waals surface area contributed by atoms with Crippen molar-refractivity contribution in [3.05, 3.63) is 11.9 Å². The van der Waals surface area contributed by atoms with E-state index in [4.69, 9.17) is 5.84 Å². The Morgan fingerprint density at radius 2 is 1.85 bits per heavy atom. The van der Waals surface area contributed by atoms with Crippen LogP contribution in [0.15, 0.2) is 6.07 Å². The van der Waals surface area contributed by atoms with Gasteiger partial charge in [0.25, 0.3) is 0 Å². The molecule has 1 saturated carbocycles. The first-order chi connectivity index (χ1) is 9.38. The highest BCUT2D eigenvalue weighted by atomic mass is 16.3. The van der Waals surface area contributed by atoms with Gasteiger partial charge in [-0.3, -0.25) is 0 Å². The number of hydrazine groups is 1. The molecule has 0 saturated heterocycles. The van der Waals surface area contributed by atoms with E-state index in [1.54, 1.807) is 6.07 Å². The zero-order valence-corrected chi connectivity index (χ0v) is 12.5. The van der Waals surface area contributed by atoms with E-state index < -0.39 is 0 Å². The Morgan fingerprint density at radius 3 is 2.35 bits per heavy atom. The Bertz CT molecular complexity index is 463. The van der Waals surface area contributed by atoms with Crippen molar-refractivity contribution in [1.82, 2.24) is 9.97 Å². The van der Waals surface area contributed by atoms with E-state index in [1.165, 1.54) is 0 Å². The van der Waals surface area contributed by atoms with Gasteiger partial charge in [-0.25, -0.2) is 15.8 Å². The number of hydrogen-bond acceptors (Lipinski definition) is 6. The standard InChI is InChI=1S/C14H25N5O/c1-13(2,3)12-16-10(8-11(17-12)19-15)18-14(9-20)6-4-5-7-14/h8,20H,4-7,9,15H2,1-3H3,(H2,16,17,18,19). The maximum Gasteiger partial charge on any atom is 0.145 e. The molecule has 1 aromatic heterocycles. The van der Waals surface area contributed by atoms with Gasteiger partial charge < -0.3 is 15.8 Å². The Labute approximate surface area is 120 Å². The summed E-state index contributed by atoms with van der Waals surface area (Å²) < 4.78 is 0. The van der Waals surface area contributed by atoms with Crippen molar-refractivity contribution in [1.29, 1.82) is 0 Å². The molecule has 1 heterocycles. The molecule has 2 rings (SSSR count). The first kappa shape index (κ1) is 15.0. The Kier molecular flexibility index (Phi) is 4.15. The third-order valence-electron chi connectivity index (χ3n) is 3.80. The number of aliphatic hydroxyl groups excluding tert-OH is 1. The largest absolute Gasteiger partial charge is 0.394 e. The van der Waals surface area contributed by atoms with Crippen molar-refractivity contribution in [3.63, 3.8) is 0 Å². The van der Waals surface area contributed by atoms with Gasteiger partial charge in [0.05, 0.1) is 12.1 Å². The summed E-state index contributed by atoms with van der Waals surface area (Å²) >= 11 is 0. The molecule has 0 aromatic carbocycles. The van der Waals surface area contributed by atoms with Crippen LogP contribution in [-0.4, -0.2) is 27.2 Å². The average Bonchev–Trinajstić information content (AvgIpc) is 2.86. The first-order valence-corrected chi connectivity index (χ1v) is 7.14. The maximum absolute atomic E-state index is 9.69. The molecule has 0 unspecified atom stereocenters. The van der Waals surface area contributed by atoms with Crippen LogP contribution in [0.3, 0.4) is 0 Å². The molecule has 6 heteroatoms. The minimum atomic E-state index is -0.255. The molecule has 5 N–H and O–H groups in total. The van der Waals surface area contributed by atoms with Crippen molar-refractivity contribution in [2.45, 2.75) is 57.4 Å². The van der Waals surface area contributed by atoms with Gasteiger partial charge in [-0.1, -0.05) is 33.6 Å². The van der Waals surface area contributed by atoms with Crippen molar-refractivity contribution >= 4 is 11.6 Å². The highest BCUT2D eigenvalue weighted by Gasteiger charge is 2.33. The summed E-state index contributed by atoms with van der Waals surface area (Å²) in [5.74, 6) is 7.51. The van der Waals surface area contributed by atoms with Gasteiger partial charge in [-0.2, -0.15) is 0 Å². The van der Waals surface area contributed by atoms with E-state index in [2.05, 4.69) is 41.5 Å². The number of rotatable bonds is 4. The van der Waals surface area contributed by atoms with Gasteiger partial charge >= 0.3 is 0 Å². The van der Waals surface area contributed by atoms with Gasteiger partial charge in [-0.05, 0) is 12.8 Å². The second-order valence-electron chi connectivity index (χ2n) is 6.63. The van der Waals surface area contributed by atoms with Crippen LogP contribution in [0.5, 0.6) is 0 Å². The molecule has 1 aliphatic carbocycles. The first-order valence-electron chi connectivity index (χ1n) is 7.14. The zero-order valence-electron chi connectivity index (χ0n) is 12.5. The quantitative estimate of drug-likeness (QED) is 0.495. The maximum atomic E-state index is 9.69. The summed E-state index contributed by atoms with van der Waals surface area (Å²) in [5, 5.41) is 13.1. The van der Waals surface area contributed by atoms with Crippen molar-refractivity contribution in [2.24, 2.45) is 5.84 Å². The van der Waals surface area contributed by atoms with E-state index in [-0.39, 0.29) is 17.6 Å². The minimum Gasteiger partial charge on any atom is -0.394 e. The monoisotopic (exact) mass is 279 g/mol. The summed E-state index contributed by atoms with van der Waals surface area (Å²) in [7, 11) is 0. The fraction of sp³-hybridized carbons (Fsp3) is 0.714. The van der Waals surface area contributed by atoms with Crippen LogP contribution in [0.4, 0.5) is 11.6 Å². The number of aromatic nitrogens is 2. The fourth-order valence-electron chi connectivity index (χ4n) is 2.57. The third-order valence-corrected chi connectivity index (χ3v) is 3.80. The molecule has 1 fully saturated rings. The number of anilines is 2. The van der Waals surface area contributed by atoms with E-state index in [0.717, 1.165) is 31.5 Å². The van der Waals surface area contributed by atoms with Crippen LogP contribution >= 0.6 is 0 Å². The fourth-order valence-corrected chi connectivity index (χ4v) is 2.57. The van der Waals surface area contributed by atoms with Crippen molar-refractivity contribution in [3.8, 4) is 0 Å². The molecule has 0 atom stereocenters. The van der Waals surface area contributed by atoms with Crippen LogP contribution in [0, 0.1) is 0 Å². The lowest BCUT2D eigenvalue weighted by Gasteiger charge is -2.29. The Morgan fingerprint density at radius 1 is 1.25 bits per heavy atom. The molecule has 0 spiro atoms. The third kappa shape index (κ3) is 3.19. The summed E-state index contributed by atoms with van der Waals surface area (Å²) in [6.07, 6.45) is 4.19. The van der Waals surface area contributed by atoms with Crippen molar-refractivity contribution in [2.75, 3.05) is 17.3 Å². The molecule has 1 aliphatic rings. The van der Waals surface area contributed by atoms with E-state index in [9.17, 15) is 5.11 Å². The highest BCUT2D eigenvalue weighted by Crippen LogP contribution is 2.33. The summed E-state index contributed by atoms with van der Waals surface area (Å²) in [6.45, 7) is 6.30. The number of nitrogens with one attached hydrogen (secondary N) is 2. The Hall–Kier alpha value is -1.40. The average molecular weight is 279 g/mol. The van der Waals surface area contributed by atoms with Gasteiger partial charge in [0.15, 0.2) is 0 Å². The molecular formula is C14H25N5O. The predicted molar refractivity (Wildman–Crippen MR) is 80.4 cm³/mol. The predicted octanol–water partition coefficient (Wildman–Crippen LogP) is 1.78. The van der Waals surface area contributed by atoms with Gasteiger partial charge in [0.2, 0.25) is 0 Å². The summed E-state index contributed by atoms with van der Waals surface area (Å²) in [5.41, 5.74) is 2.17. The second kappa shape index (κ2) is 5.54. The van der Waals surface area contributed by atoms with Crippen LogP contribution in [0.1, 0.15) is 52.3 Å². The number of aliphatic hydroxyl groups is 1. The lowest BCUT2D eigenvalue weighted by atomic mass is 9.95. The SMILES string of the molecule is CC(C)(C)c1nc(NN)cc(NC2(CO)CCCC2)n1. The lowest BCUT2D eigenvalue weighted by Crippen LogP contribution is -2.39. The normalized spacial score (nSPS) is 18.1. The van der Waals surface area contributed by atoms with Crippen molar-refractivity contribution < 1.29 is 5.11 Å². The smallest absolute Gasteiger partial charge is 0.145 e. The van der Waals surface area contributed by atoms with E-state index in [0.29, 0.717) is 11.6 Å². The highest BCUT2D eigenvalue weighted by molar-refractivity contribution is 5.49. The van der Waals surface area contributed by atoms with E-state index >= 15 is 0 Å². The molecule has 0 aliphatic heterocycles. The number of nitrogen functional groups attached to an aromatic ring is 1. The van der Waals surface area contributed by atoms with Crippen LogP contribution in [0.2, 0.25) is 0 Å². The Balaban J connectivity index is 2.31. The van der Waals surface area contributed by atoms with E-state index in [1.807, 2.05) is 0 Å². The number of nitrogens with two attached hydrogens (primary N) is 1.